The van der Waals surface area contributed by atoms with Gasteiger partial charge in [0.15, 0.2) is 5.16 Å². The molecule has 0 fully saturated rings. The van der Waals surface area contributed by atoms with Crippen molar-refractivity contribution in [1.29, 1.82) is 0 Å². The Morgan fingerprint density at radius 2 is 2.00 bits per heavy atom. The van der Waals surface area contributed by atoms with Crippen LogP contribution in [0.15, 0.2) is 33.9 Å². The zero-order valence-corrected chi connectivity index (χ0v) is 12.8. The Bertz CT molecular complexity index is 551. The maximum atomic E-state index is 13.7. The Kier molecular flexibility index (Phi) is 4.60. The topological polar surface area (TPSA) is 49.8 Å². The molecule has 19 heavy (non-hydrogen) atoms. The van der Waals surface area contributed by atoms with Gasteiger partial charge in [-0.3, -0.25) is 0 Å². The van der Waals surface area contributed by atoms with E-state index in [0.717, 1.165) is 0 Å². The molecule has 0 bridgehead atoms. The fourth-order valence-electron chi connectivity index (χ4n) is 1.45. The summed E-state index contributed by atoms with van der Waals surface area (Å²) >= 11 is 4.73. The molecule has 0 aliphatic rings. The molecule has 0 unspecified atom stereocenters. The second-order valence-electron chi connectivity index (χ2n) is 3.60. The van der Waals surface area contributed by atoms with Crippen LogP contribution in [0.4, 0.5) is 21.7 Å². The molecule has 0 saturated carbocycles. The van der Waals surface area contributed by atoms with Crippen LogP contribution in [-0.4, -0.2) is 23.3 Å². The molecule has 2 rings (SSSR count). The van der Waals surface area contributed by atoms with Crippen LogP contribution in [0.3, 0.4) is 0 Å². The Labute approximate surface area is 123 Å². The highest BCUT2D eigenvalue weighted by molar-refractivity contribution is 9.10. The molecular formula is C12H12BrFN4S. The van der Waals surface area contributed by atoms with Crippen molar-refractivity contribution in [2.24, 2.45) is 0 Å². The molecule has 0 aliphatic heterocycles. The Balaban J connectivity index is 2.37. The van der Waals surface area contributed by atoms with E-state index in [1.54, 1.807) is 25.2 Å². The average molecular weight is 343 g/mol. The summed E-state index contributed by atoms with van der Waals surface area (Å²) in [5, 5.41) is 6.52. The number of hydrogen-bond acceptors (Lipinski definition) is 5. The van der Waals surface area contributed by atoms with Crippen LogP contribution in [0.1, 0.15) is 0 Å². The quantitative estimate of drug-likeness (QED) is 0.652. The van der Waals surface area contributed by atoms with Gasteiger partial charge in [0.05, 0.1) is 5.69 Å². The van der Waals surface area contributed by atoms with Crippen molar-refractivity contribution in [3.63, 3.8) is 0 Å². The molecule has 1 heterocycles. The molecule has 0 radical (unpaired) electrons. The minimum absolute atomic E-state index is 0.343. The van der Waals surface area contributed by atoms with Crippen LogP contribution in [-0.2, 0) is 0 Å². The average Bonchev–Trinajstić information content (AvgIpc) is 2.42. The molecule has 0 saturated heterocycles. The first kappa shape index (κ1) is 14.1. The summed E-state index contributed by atoms with van der Waals surface area (Å²) in [7, 11) is 1.77. The maximum absolute atomic E-state index is 13.7. The summed E-state index contributed by atoms with van der Waals surface area (Å²) < 4.78 is 14.4. The third-order valence-electron chi connectivity index (χ3n) is 2.36. The number of hydrogen-bond donors (Lipinski definition) is 2. The predicted molar refractivity (Wildman–Crippen MR) is 80.7 cm³/mol. The molecule has 100 valence electrons. The minimum atomic E-state index is -0.343. The zero-order chi connectivity index (χ0) is 13.8. The van der Waals surface area contributed by atoms with Gasteiger partial charge in [-0.1, -0.05) is 17.8 Å². The molecule has 1 aromatic carbocycles. The summed E-state index contributed by atoms with van der Waals surface area (Å²) in [4.78, 5) is 8.54. The van der Waals surface area contributed by atoms with Gasteiger partial charge in [-0.2, -0.15) is 0 Å². The smallest absolute Gasteiger partial charge is 0.191 e. The van der Waals surface area contributed by atoms with Crippen molar-refractivity contribution >= 4 is 45.0 Å². The lowest BCUT2D eigenvalue weighted by Crippen LogP contribution is -2.02. The van der Waals surface area contributed by atoms with Gasteiger partial charge in [0.25, 0.3) is 0 Å². The van der Waals surface area contributed by atoms with E-state index in [9.17, 15) is 4.39 Å². The number of anilines is 3. The van der Waals surface area contributed by atoms with Crippen LogP contribution in [0.25, 0.3) is 0 Å². The third-order valence-corrected chi connectivity index (χ3v) is 3.57. The van der Waals surface area contributed by atoms with E-state index in [4.69, 9.17) is 0 Å². The summed E-state index contributed by atoms with van der Waals surface area (Å²) in [6.45, 7) is 0. The first-order chi connectivity index (χ1) is 9.13. The highest BCUT2D eigenvalue weighted by Gasteiger charge is 2.09. The van der Waals surface area contributed by atoms with E-state index in [0.29, 0.717) is 27.0 Å². The standard InChI is InChI=1S/C12H12BrFN4S/c1-15-9-6-10(18-12(17-9)19-2)16-11-7(13)4-3-5-8(11)14/h3-6H,1-2H3,(H2,15,16,17,18). The highest BCUT2D eigenvalue weighted by atomic mass is 79.9. The maximum Gasteiger partial charge on any atom is 0.191 e. The van der Waals surface area contributed by atoms with Crippen molar-refractivity contribution in [2.45, 2.75) is 5.16 Å². The SMILES string of the molecule is CNc1cc(Nc2c(F)cccc2Br)nc(SC)n1. The molecule has 0 atom stereocenters. The van der Waals surface area contributed by atoms with Gasteiger partial charge in [0.2, 0.25) is 0 Å². The number of nitrogens with one attached hydrogen (secondary N) is 2. The zero-order valence-electron chi connectivity index (χ0n) is 10.4. The summed E-state index contributed by atoms with van der Waals surface area (Å²) in [6.07, 6.45) is 1.89. The second kappa shape index (κ2) is 6.21. The minimum Gasteiger partial charge on any atom is -0.373 e. The summed E-state index contributed by atoms with van der Waals surface area (Å²) in [6, 6.07) is 6.51. The number of rotatable bonds is 4. The van der Waals surface area contributed by atoms with Gasteiger partial charge < -0.3 is 10.6 Å². The lowest BCUT2D eigenvalue weighted by atomic mass is 10.3. The van der Waals surface area contributed by atoms with E-state index >= 15 is 0 Å². The Morgan fingerprint density at radius 1 is 1.26 bits per heavy atom. The van der Waals surface area contributed by atoms with Crippen molar-refractivity contribution in [1.82, 2.24) is 9.97 Å². The summed E-state index contributed by atoms with van der Waals surface area (Å²) in [5.74, 6) is 0.869. The van der Waals surface area contributed by atoms with Gasteiger partial charge in [0, 0.05) is 17.6 Å². The Morgan fingerprint density at radius 3 is 2.63 bits per heavy atom. The lowest BCUT2D eigenvalue weighted by molar-refractivity contribution is 0.631. The molecule has 1 aromatic heterocycles. The van der Waals surface area contributed by atoms with Crippen molar-refractivity contribution < 1.29 is 4.39 Å². The normalized spacial score (nSPS) is 10.3. The van der Waals surface area contributed by atoms with Gasteiger partial charge in [-0.25, -0.2) is 14.4 Å². The summed E-state index contributed by atoms with van der Waals surface area (Å²) in [5.41, 5.74) is 0.357. The Hall–Kier alpha value is -1.34. The van der Waals surface area contributed by atoms with Crippen LogP contribution < -0.4 is 10.6 Å². The molecule has 4 nitrogen and oxygen atoms in total. The fourth-order valence-corrected chi connectivity index (χ4v) is 2.27. The molecule has 0 amide bonds. The lowest BCUT2D eigenvalue weighted by Gasteiger charge is -2.11. The number of thioether (sulfide) groups is 1. The van der Waals surface area contributed by atoms with Gasteiger partial charge in [0.1, 0.15) is 17.5 Å². The van der Waals surface area contributed by atoms with Crippen molar-refractivity contribution in [2.75, 3.05) is 23.9 Å². The first-order valence-electron chi connectivity index (χ1n) is 5.46. The number of nitrogens with zero attached hydrogens (tertiary/aromatic N) is 2. The largest absolute Gasteiger partial charge is 0.373 e. The number of aromatic nitrogens is 2. The van der Waals surface area contributed by atoms with E-state index in [2.05, 4.69) is 36.5 Å². The predicted octanol–water partition coefficient (Wildman–Crippen LogP) is 3.89. The number of para-hydroxylation sites is 1. The molecule has 0 aliphatic carbocycles. The molecular weight excluding hydrogens is 331 g/mol. The van der Waals surface area contributed by atoms with E-state index in [1.165, 1.54) is 17.8 Å². The van der Waals surface area contributed by atoms with E-state index in [-0.39, 0.29) is 5.82 Å². The molecule has 7 heteroatoms. The second-order valence-corrected chi connectivity index (χ2v) is 5.22. The van der Waals surface area contributed by atoms with E-state index < -0.39 is 0 Å². The van der Waals surface area contributed by atoms with Gasteiger partial charge in [-0.15, -0.1) is 0 Å². The van der Waals surface area contributed by atoms with Crippen molar-refractivity contribution in [3.8, 4) is 0 Å². The van der Waals surface area contributed by atoms with Crippen LogP contribution in [0.5, 0.6) is 0 Å². The van der Waals surface area contributed by atoms with Crippen LogP contribution in [0, 0.1) is 5.82 Å². The fraction of sp³-hybridized carbons (Fsp3) is 0.167. The van der Waals surface area contributed by atoms with Crippen LogP contribution >= 0.6 is 27.7 Å². The van der Waals surface area contributed by atoms with Crippen LogP contribution in [0.2, 0.25) is 0 Å². The monoisotopic (exact) mass is 342 g/mol. The molecule has 0 spiro atoms. The van der Waals surface area contributed by atoms with Gasteiger partial charge in [-0.05, 0) is 34.3 Å². The number of benzene rings is 1. The van der Waals surface area contributed by atoms with E-state index in [1.807, 2.05) is 6.26 Å². The first-order valence-corrected chi connectivity index (χ1v) is 7.47. The molecule has 2 N–H and O–H groups in total. The third kappa shape index (κ3) is 3.36. The highest BCUT2D eigenvalue weighted by Crippen LogP contribution is 2.29. The molecule has 2 aromatic rings. The van der Waals surface area contributed by atoms with Gasteiger partial charge >= 0.3 is 0 Å². The number of halogens is 2. The van der Waals surface area contributed by atoms with Crippen molar-refractivity contribution in [3.05, 3.63) is 34.6 Å².